The average Bonchev–Trinajstić information content (AvgIpc) is 2.38. The first-order valence-electron chi connectivity index (χ1n) is 5.21. The summed E-state index contributed by atoms with van der Waals surface area (Å²) >= 11 is 0. The fourth-order valence-corrected chi connectivity index (χ4v) is 1.53. The van der Waals surface area contributed by atoms with E-state index in [0.29, 0.717) is 18.2 Å². The Kier molecular flexibility index (Phi) is 3.33. The van der Waals surface area contributed by atoms with Gasteiger partial charge in [0.2, 0.25) is 0 Å². The maximum absolute atomic E-state index is 13.5. The molecule has 0 saturated heterocycles. The van der Waals surface area contributed by atoms with Crippen molar-refractivity contribution in [2.75, 3.05) is 0 Å². The van der Waals surface area contributed by atoms with E-state index in [1.54, 1.807) is 0 Å². The highest BCUT2D eigenvalue weighted by Crippen LogP contribution is 2.30. The highest BCUT2D eigenvalue weighted by molar-refractivity contribution is 6.09. The molecule has 0 saturated carbocycles. The fourth-order valence-electron chi connectivity index (χ4n) is 1.53. The third kappa shape index (κ3) is 2.78. The molecule has 0 bridgehead atoms. The van der Waals surface area contributed by atoms with Crippen LogP contribution in [-0.4, -0.2) is 10.8 Å². The smallest absolute Gasteiger partial charge is 0.288 e. The number of alkyl halides is 3. The molecule has 2 nitrogen and oxygen atoms in total. The Bertz CT molecular complexity index is 608. The zero-order valence-corrected chi connectivity index (χ0v) is 9.41. The molecule has 1 aromatic carbocycles. The lowest BCUT2D eigenvalue weighted by Crippen LogP contribution is -2.10. The molecule has 0 N–H and O–H groups in total. The predicted molar refractivity (Wildman–Crippen MR) is 59.1 cm³/mol. The van der Waals surface area contributed by atoms with Crippen LogP contribution in [0.5, 0.6) is 0 Å². The number of aromatic nitrogens is 1. The Labute approximate surface area is 105 Å². The molecule has 19 heavy (non-hydrogen) atoms. The number of nitrogens with zero attached hydrogens (tertiary/aromatic N) is 1. The van der Waals surface area contributed by atoms with Crippen molar-refractivity contribution in [3.63, 3.8) is 0 Å². The Hall–Kier alpha value is -2.24. The second kappa shape index (κ2) is 4.79. The molecule has 0 aliphatic carbocycles. The van der Waals surface area contributed by atoms with E-state index in [4.69, 9.17) is 0 Å². The lowest BCUT2D eigenvalue weighted by Gasteiger charge is -2.09. The predicted octanol–water partition coefficient (Wildman–Crippen LogP) is 3.47. The number of hydrogen-bond acceptors (Lipinski definition) is 2. The molecule has 0 unspecified atom stereocenters. The van der Waals surface area contributed by atoms with Crippen molar-refractivity contribution in [2.45, 2.75) is 6.18 Å². The van der Waals surface area contributed by atoms with Gasteiger partial charge in [-0.2, -0.15) is 13.2 Å². The van der Waals surface area contributed by atoms with Crippen LogP contribution >= 0.6 is 0 Å². The van der Waals surface area contributed by atoms with E-state index in [0.717, 1.165) is 0 Å². The largest absolute Gasteiger partial charge is 0.416 e. The second-order valence-corrected chi connectivity index (χ2v) is 3.76. The van der Waals surface area contributed by atoms with Crippen LogP contribution in [0.2, 0.25) is 0 Å². The molecular formula is C13H7F4NO. The fraction of sp³-hybridized carbons (Fsp3) is 0.0769. The third-order valence-corrected chi connectivity index (χ3v) is 2.46. The van der Waals surface area contributed by atoms with E-state index in [2.05, 4.69) is 4.98 Å². The summed E-state index contributed by atoms with van der Waals surface area (Å²) in [7, 11) is 0. The summed E-state index contributed by atoms with van der Waals surface area (Å²) in [6.45, 7) is 0. The van der Waals surface area contributed by atoms with Crippen LogP contribution < -0.4 is 0 Å². The quantitative estimate of drug-likeness (QED) is 0.617. The molecule has 0 radical (unpaired) electrons. The van der Waals surface area contributed by atoms with Gasteiger partial charge in [-0.25, -0.2) is 4.39 Å². The first-order chi connectivity index (χ1) is 8.89. The lowest BCUT2D eigenvalue weighted by atomic mass is 10.0. The molecule has 0 spiro atoms. The number of ketones is 1. The summed E-state index contributed by atoms with van der Waals surface area (Å²) in [4.78, 5) is 15.6. The molecule has 1 heterocycles. The number of hydrogen-bond donors (Lipinski definition) is 0. The SMILES string of the molecule is O=C(c1cccnc1)c1cc(C(F)(F)F)ccc1F. The summed E-state index contributed by atoms with van der Waals surface area (Å²) in [6.07, 6.45) is -2.06. The number of benzene rings is 1. The molecule has 98 valence electrons. The zero-order chi connectivity index (χ0) is 14.0. The number of carbonyl (C=O) groups excluding carboxylic acids is 1. The molecule has 6 heteroatoms. The Morgan fingerprint density at radius 2 is 1.89 bits per heavy atom. The molecule has 0 atom stereocenters. The minimum absolute atomic E-state index is 0.0284. The van der Waals surface area contributed by atoms with Crippen LogP contribution in [0.25, 0.3) is 0 Å². The van der Waals surface area contributed by atoms with Gasteiger partial charge in [0.05, 0.1) is 11.1 Å². The second-order valence-electron chi connectivity index (χ2n) is 3.76. The molecule has 2 aromatic rings. The Morgan fingerprint density at radius 3 is 2.47 bits per heavy atom. The standard InChI is InChI=1S/C13H7F4NO/c14-11-4-3-9(13(15,16)17)6-10(11)12(19)8-2-1-5-18-7-8/h1-7H. The molecule has 0 fully saturated rings. The van der Waals surface area contributed by atoms with Gasteiger partial charge in [-0.15, -0.1) is 0 Å². The van der Waals surface area contributed by atoms with Gasteiger partial charge in [-0.3, -0.25) is 9.78 Å². The summed E-state index contributed by atoms with van der Waals surface area (Å²) < 4.78 is 51.0. The first-order valence-corrected chi connectivity index (χ1v) is 5.21. The topological polar surface area (TPSA) is 30.0 Å². The minimum atomic E-state index is -4.63. The van der Waals surface area contributed by atoms with E-state index in [1.807, 2.05) is 0 Å². The van der Waals surface area contributed by atoms with Crippen molar-refractivity contribution in [1.29, 1.82) is 0 Å². The number of rotatable bonds is 2. The van der Waals surface area contributed by atoms with Gasteiger partial charge in [0, 0.05) is 18.0 Å². The van der Waals surface area contributed by atoms with Gasteiger partial charge in [-0.1, -0.05) is 0 Å². The number of carbonyl (C=O) groups is 1. The molecule has 2 rings (SSSR count). The van der Waals surface area contributed by atoms with Gasteiger partial charge >= 0.3 is 6.18 Å². The van der Waals surface area contributed by atoms with Gasteiger partial charge in [0.25, 0.3) is 0 Å². The van der Waals surface area contributed by atoms with E-state index in [-0.39, 0.29) is 5.56 Å². The number of halogens is 4. The van der Waals surface area contributed by atoms with Crippen molar-refractivity contribution < 1.29 is 22.4 Å². The summed E-state index contributed by atoms with van der Waals surface area (Å²) in [5.74, 6) is -1.83. The molecule has 0 aliphatic heterocycles. The Morgan fingerprint density at radius 1 is 1.16 bits per heavy atom. The maximum Gasteiger partial charge on any atom is 0.416 e. The van der Waals surface area contributed by atoms with E-state index in [1.165, 1.54) is 24.5 Å². The highest BCUT2D eigenvalue weighted by Gasteiger charge is 2.32. The summed E-state index contributed by atoms with van der Waals surface area (Å²) in [6, 6.07) is 4.53. The Balaban J connectivity index is 2.48. The molecule has 1 aromatic heterocycles. The van der Waals surface area contributed by atoms with Crippen molar-refractivity contribution in [3.8, 4) is 0 Å². The van der Waals surface area contributed by atoms with Gasteiger partial charge in [-0.05, 0) is 30.3 Å². The van der Waals surface area contributed by atoms with Gasteiger partial charge in [0.15, 0.2) is 5.78 Å². The van der Waals surface area contributed by atoms with E-state index >= 15 is 0 Å². The van der Waals surface area contributed by atoms with E-state index < -0.39 is 28.9 Å². The van der Waals surface area contributed by atoms with Crippen LogP contribution in [0.4, 0.5) is 17.6 Å². The molecular weight excluding hydrogens is 262 g/mol. The van der Waals surface area contributed by atoms with E-state index in [9.17, 15) is 22.4 Å². The third-order valence-electron chi connectivity index (χ3n) is 2.46. The molecule has 0 aliphatic rings. The maximum atomic E-state index is 13.5. The van der Waals surface area contributed by atoms with Crippen LogP contribution in [0.1, 0.15) is 21.5 Å². The molecule has 0 amide bonds. The summed E-state index contributed by atoms with van der Waals surface area (Å²) in [5, 5.41) is 0. The van der Waals surface area contributed by atoms with Gasteiger partial charge < -0.3 is 0 Å². The highest BCUT2D eigenvalue weighted by atomic mass is 19.4. The van der Waals surface area contributed by atoms with Crippen LogP contribution in [0.3, 0.4) is 0 Å². The number of pyridine rings is 1. The van der Waals surface area contributed by atoms with Crippen molar-refractivity contribution in [1.82, 2.24) is 4.98 Å². The van der Waals surface area contributed by atoms with Crippen LogP contribution in [0.15, 0.2) is 42.7 Å². The monoisotopic (exact) mass is 269 g/mol. The van der Waals surface area contributed by atoms with Gasteiger partial charge in [0.1, 0.15) is 5.82 Å². The van der Waals surface area contributed by atoms with Crippen LogP contribution in [-0.2, 0) is 6.18 Å². The van der Waals surface area contributed by atoms with Crippen molar-refractivity contribution >= 4 is 5.78 Å². The van der Waals surface area contributed by atoms with Crippen molar-refractivity contribution in [2.24, 2.45) is 0 Å². The summed E-state index contributed by atoms with van der Waals surface area (Å²) in [5.41, 5.74) is -1.66. The van der Waals surface area contributed by atoms with Crippen molar-refractivity contribution in [3.05, 3.63) is 65.2 Å². The normalized spacial score (nSPS) is 11.4. The van der Waals surface area contributed by atoms with Crippen LogP contribution in [0, 0.1) is 5.82 Å². The minimum Gasteiger partial charge on any atom is -0.288 e. The first kappa shape index (κ1) is 13.2. The average molecular weight is 269 g/mol. The zero-order valence-electron chi connectivity index (χ0n) is 9.41. The lowest BCUT2D eigenvalue weighted by molar-refractivity contribution is -0.137.